The Kier molecular flexibility index (Phi) is 6.84. The average molecular weight is 529 g/mol. The molecule has 3 aliphatic carbocycles. The summed E-state index contributed by atoms with van der Waals surface area (Å²) < 4.78 is 0. The lowest BCUT2D eigenvalue weighted by atomic mass is 9.57. The van der Waals surface area contributed by atoms with Crippen LogP contribution in [0.5, 0.6) is 5.75 Å². The molecule has 0 spiro atoms. The number of benzene rings is 1. The predicted molar refractivity (Wildman–Crippen MR) is 141 cm³/mol. The minimum absolute atomic E-state index is 0.0516. The van der Waals surface area contributed by atoms with Crippen molar-refractivity contribution in [1.82, 2.24) is 10.2 Å². The largest absolute Gasteiger partial charge is 0.508 e. The summed E-state index contributed by atoms with van der Waals surface area (Å²) in [5.74, 6) is -6.55. The van der Waals surface area contributed by atoms with Gasteiger partial charge in [0.25, 0.3) is 5.91 Å². The summed E-state index contributed by atoms with van der Waals surface area (Å²) in [5.41, 5.74) is 3.71. The maximum absolute atomic E-state index is 14.0. The van der Waals surface area contributed by atoms with E-state index in [9.17, 15) is 34.8 Å². The van der Waals surface area contributed by atoms with Gasteiger partial charge in [-0.25, -0.2) is 0 Å². The van der Waals surface area contributed by atoms with E-state index in [0.29, 0.717) is 17.7 Å². The lowest BCUT2D eigenvalue weighted by Gasteiger charge is -2.50. The molecule has 7 N–H and O–H groups in total. The number of nitrogens with two attached hydrogens (primary N) is 1. The van der Waals surface area contributed by atoms with Crippen LogP contribution in [0.3, 0.4) is 0 Å². The van der Waals surface area contributed by atoms with Gasteiger partial charge < -0.3 is 36.4 Å². The number of ketones is 2. The van der Waals surface area contributed by atoms with E-state index in [-0.39, 0.29) is 35.8 Å². The zero-order valence-corrected chi connectivity index (χ0v) is 22.5. The molecule has 1 aromatic carbocycles. The third kappa shape index (κ3) is 3.88. The van der Waals surface area contributed by atoms with Gasteiger partial charge in [0.05, 0.1) is 11.6 Å². The predicted octanol–water partition coefficient (Wildman–Crippen LogP) is 0.528. The van der Waals surface area contributed by atoms with E-state index in [1.165, 1.54) is 4.90 Å². The number of hydrogen-bond acceptors (Lipinski definition) is 10. The number of carbonyl (C=O) groups is 3. The third-order valence-electron chi connectivity index (χ3n) is 7.96. The molecule has 0 unspecified atom stereocenters. The number of rotatable bonds is 6. The molecule has 1 fully saturated rings. The minimum atomic E-state index is -2.65. The Labute approximate surface area is 221 Å². The van der Waals surface area contributed by atoms with Crippen molar-refractivity contribution in [3.63, 3.8) is 0 Å². The summed E-state index contributed by atoms with van der Waals surface area (Å²) in [6.07, 6.45) is 0.295. The summed E-state index contributed by atoms with van der Waals surface area (Å²) in [6, 6.07) is 0.852. The smallest absolute Gasteiger partial charge is 0.255 e. The summed E-state index contributed by atoms with van der Waals surface area (Å²) in [4.78, 5) is 42.6. The van der Waals surface area contributed by atoms with Crippen molar-refractivity contribution >= 4 is 28.9 Å². The van der Waals surface area contributed by atoms with Crippen molar-refractivity contribution in [3.05, 3.63) is 39.7 Å². The molecule has 0 radical (unpaired) electrons. The maximum atomic E-state index is 14.0. The molecule has 38 heavy (non-hydrogen) atoms. The number of fused-ring (bicyclic) bond motifs is 3. The molecule has 4 atom stereocenters. The number of nitrogens with zero attached hydrogens (tertiary/aromatic N) is 2. The molecule has 4 rings (SSSR count). The Morgan fingerprint density at radius 1 is 1.18 bits per heavy atom. The summed E-state index contributed by atoms with van der Waals surface area (Å²) in [7, 11) is 6.82. The lowest BCUT2D eigenvalue weighted by molar-refractivity contribution is -0.153. The van der Waals surface area contributed by atoms with E-state index in [4.69, 9.17) is 5.73 Å². The van der Waals surface area contributed by atoms with Crippen molar-refractivity contribution in [3.8, 4) is 5.75 Å². The molecule has 0 bridgehead atoms. The van der Waals surface area contributed by atoms with Gasteiger partial charge in [0.1, 0.15) is 22.8 Å². The van der Waals surface area contributed by atoms with E-state index in [2.05, 4.69) is 5.32 Å². The fourth-order valence-electron chi connectivity index (χ4n) is 6.19. The molecule has 0 saturated heterocycles. The zero-order chi connectivity index (χ0) is 28.4. The van der Waals surface area contributed by atoms with Crippen LogP contribution in [0.2, 0.25) is 0 Å². The van der Waals surface area contributed by atoms with Gasteiger partial charge >= 0.3 is 0 Å². The van der Waals surface area contributed by atoms with E-state index < -0.39 is 58.0 Å². The summed E-state index contributed by atoms with van der Waals surface area (Å²) >= 11 is 0. The fourth-order valence-corrected chi connectivity index (χ4v) is 6.19. The van der Waals surface area contributed by atoms with E-state index in [1.54, 1.807) is 14.1 Å². The number of amides is 1. The average Bonchev–Trinajstić information content (AvgIpc) is 2.80. The number of aliphatic hydroxyl groups is 3. The van der Waals surface area contributed by atoms with E-state index in [1.807, 2.05) is 38.9 Å². The van der Waals surface area contributed by atoms with Crippen LogP contribution in [0, 0.1) is 11.8 Å². The Morgan fingerprint density at radius 3 is 2.34 bits per heavy atom. The number of hydrogen-bond donors (Lipinski definition) is 6. The van der Waals surface area contributed by atoms with Crippen LogP contribution in [0.4, 0.5) is 5.69 Å². The lowest BCUT2D eigenvalue weighted by Crippen LogP contribution is -2.65. The van der Waals surface area contributed by atoms with Gasteiger partial charge in [0, 0.05) is 49.4 Å². The topological polar surface area (TPSA) is 177 Å². The number of phenolic OH excluding ortho intramolecular Hbond substituents is 1. The number of anilines is 1. The van der Waals surface area contributed by atoms with E-state index in [0.717, 1.165) is 5.69 Å². The molecule has 1 amide bonds. The number of carbonyl (C=O) groups excluding carboxylic acids is 3. The quantitative estimate of drug-likeness (QED) is 0.286. The number of nitrogens with one attached hydrogen (secondary N) is 1. The minimum Gasteiger partial charge on any atom is -0.508 e. The van der Waals surface area contributed by atoms with Crippen LogP contribution in [0.15, 0.2) is 23.0 Å². The third-order valence-corrected chi connectivity index (χ3v) is 7.96. The van der Waals surface area contributed by atoms with Gasteiger partial charge in [0.15, 0.2) is 11.4 Å². The zero-order valence-electron chi connectivity index (χ0n) is 22.5. The molecule has 0 heterocycles. The Bertz CT molecular complexity index is 1300. The van der Waals surface area contributed by atoms with Gasteiger partial charge in [-0.2, -0.15) is 0 Å². The monoisotopic (exact) mass is 528 g/mol. The van der Waals surface area contributed by atoms with Gasteiger partial charge in [0.2, 0.25) is 5.78 Å². The molecule has 3 aliphatic rings. The van der Waals surface area contributed by atoms with Crippen molar-refractivity contribution in [2.24, 2.45) is 17.6 Å². The first kappa shape index (κ1) is 27.6. The number of aromatic hydroxyl groups is 1. The van der Waals surface area contributed by atoms with Gasteiger partial charge in [-0.3, -0.25) is 19.3 Å². The molecular formula is C27H36N4O7. The Hall–Kier alpha value is -3.41. The summed E-state index contributed by atoms with van der Waals surface area (Å²) in [6.45, 7) is 4.22. The summed E-state index contributed by atoms with van der Waals surface area (Å²) in [5, 5.41) is 48.6. The van der Waals surface area contributed by atoms with Crippen LogP contribution in [0.25, 0.3) is 5.76 Å². The second-order valence-corrected chi connectivity index (χ2v) is 11.1. The Balaban J connectivity index is 1.97. The molecule has 0 aromatic heterocycles. The van der Waals surface area contributed by atoms with Crippen LogP contribution in [0.1, 0.15) is 37.0 Å². The fraction of sp³-hybridized carbons (Fsp3) is 0.519. The normalized spacial score (nSPS) is 27.0. The molecule has 206 valence electrons. The van der Waals surface area contributed by atoms with Crippen molar-refractivity contribution in [2.45, 2.75) is 50.9 Å². The number of phenols is 1. The van der Waals surface area contributed by atoms with Crippen LogP contribution in [-0.4, -0.2) is 88.7 Å². The molecule has 0 aliphatic heterocycles. The van der Waals surface area contributed by atoms with Gasteiger partial charge in [-0.15, -0.1) is 0 Å². The molecule has 11 heteroatoms. The standard InChI is InChI=1S/C27H36N4O7/c1-11(2)29-10-13-9-16(30(3)4)14-7-12-8-15-20(31(5)6)23(34)19(26(28)37)25(36)27(15,38)24(35)17(12)22(33)18(14)21(13)32/h9,11-12,15,20,29,32-33,36,38H,7-8,10H2,1-6H3,(H2,28,37)/t12-,15-,20-,27+/m1/s1. The van der Waals surface area contributed by atoms with Crippen LogP contribution in [-0.2, 0) is 27.3 Å². The highest BCUT2D eigenvalue weighted by Crippen LogP contribution is 2.54. The molecule has 1 saturated carbocycles. The second-order valence-electron chi connectivity index (χ2n) is 11.1. The first-order chi connectivity index (χ1) is 17.6. The number of aliphatic hydroxyl groups excluding tert-OH is 2. The molecular weight excluding hydrogens is 492 g/mol. The second kappa shape index (κ2) is 9.40. The highest BCUT2D eigenvalue weighted by molar-refractivity contribution is 6.24. The maximum Gasteiger partial charge on any atom is 0.255 e. The van der Waals surface area contributed by atoms with Gasteiger partial charge in [-0.05, 0) is 44.5 Å². The first-order valence-corrected chi connectivity index (χ1v) is 12.6. The molecule has 1 aromatic rings. The highest BCUT2D eigenvalue weighted by Gasteiger charge is 2.64. The Morgan fingerprint density at radius 2 is 1.82 bits per heavy atom. The first-order valence-electron chi connectivity index (χ1n) is 12.6. The molecule has 11 nitrogen and oxygen atoms in total. The van der Waals surface area contributed by atoms with Crippen molar-refractivity contribution in [2.75, 3.05) is 33.1 Å². The number of likely N-dealkylation sites (N-methyl/N-ethyl adjacent to an activating group) is 1. The van der Waals surface area contributed by atoms with E-state index >= 15 is 0 Å². The van der Waals surface area contributed by atoms with Crippen LogP contribution >= 0.6 is 0 Å². The highest BCUT2D eigenvalue weighted by atomic mass is 16.3. The van der Waals surface area contributed by atoms with Crippen molar-refractivity contribution in [1.29, 1.82) is 0 Å². The number of primary amides is 1. The van der Waals surface area contributed by atoms with Crippen molar-refractivity contribution < 1.29 is 34.8 Å². The van der Waals surface area contributed by atoms with Gasteiger partial charge in [-0.1, -0.05) is 13.8 Å². The SMILES string of the molecule is CC(C)NCc1cc(N(C)C)c2c(c1O)C(O)=C1C(=O)[C@]3(O)C(O)=C(C(N)=O)C(=O)[C@H](N(C)C)[C@H]3C[C@H]1C2. The number of Topliss-reactive ketones (excluding diaryl/α,β-unsaturated/α-hetero) is 2. The van der Waals surface area contributed by atoms with Crippen LogP contribution < -0.4 is 16.0 Å².